The van der Waals surface area contributed by atoms with Gasteiger partial charge in [0.1, 0.15) is 0 Å². The lowest BCUT2D eigenvalue weighted by atomic mass is 9.69. The Balaban J connectivity index is 1.63. The van der Waals surface area contributed by atoms with Gasteiger partial charge in [0.25, 0.3) is 0 Å². The molecule has 1 amide bonds. The molecule has 25 heavy (non-hydrogen) atoms. The highest BCUT2D eigenvalue weighted by Gasteiger charge is 2.72. The van der Waals surface area contributed by atoms with Gasteiger partial charge >= 0.3 is 0 Å². The van der Waals surface area contributed by atoms with Crippen molar-refractivity contribution in [3.63, 3.8) is 0 Å². The summed E-state index contributed by atoms with van der Waals surface area (Å²) >= 11 is 0. The largest absolute Gasteiger partial charge is 0.273 e. The van der Waals surface area contributed by atoms with E-state index >= 15 is 0 Å². The molecule has 4 rings (SSSR count). The molecule has 0 N–H and O–H groups in total. The Morgan fingerprint density at radius 3 is 2.60 bits per heavy atom. The van der Waals surface area contributed by atoms with Crippen LogP contribution in [0.25, 0.3) is 0 Å². The standard InChI is InChI=1S/C20H27NO3S/c1-14(11-15-7-5-4-6-8-15)18(22)21-17-12-16-9-10-20(17,19(16,2)3)13-25(21,23)24/h4-8,14,16-17H,9-13H2,1-3H3/t14-,16?,17?,20?/m0/s1. The number of carbonyl (C=O) groups excluding carboxylic acids is 1. The zero-order chi connectivity index (χ0) is 18.0. The number of hydrogen-bond acceptors (Lipinski definition) is 3. The Morgan fingerprint density at radius 2 is 1.96 bits per heavy atom. The first-order chi connectivity index (χ1) is 11.7. The second kappa shape index (κ2) is 5.32. The number of carbonyl (C=O) groups is 1. The lowest BCUT2D eigenvalue weighted by Crippen LogP contribution is -2.46. The molecule has 1 saturated heterocycles. The molecule has 3 fully saturated rings. The third-order valence-corrected chi connectivity index (χ3v) is 9.35. The van der Waals surface area contributed by atoms with Crippen LogP contribution in [0.4, 0.5) is 0 Å². The Hall–Kier alpha value is -1.36. The molecule has 2 bridgehead atoms. The van der Waals surface area contributed by atoms with Crippen LogP contribution in [0.5, 0.6) is 0 Å². The fraction of sp³-hybridized carbons (Fsp3) is 0.650. The highest BCUT2D eigenvalue weighted by Crippen LogP contribution is 2.70. The maximum atomic E-state index is 13.1. The van der Waals surface area contributed by atoms with Gasteiger partial charge in [-0.25, -0.2) is 12.7 Å². The van der Waals surface area contributed by atoms with Crippen molar-refractivity contribution in [1.82, 2.24) is 4.31 Å². The van der Waals surface area contributed by atoms with Crippen LogP contribution in [-0.4, -0.2) is 30.4 Å². The number of rotatable bonds is 3. The first-order valence-electron chi connectivity index (χ1n) is 9.29. The van der Waals surface area contributed by atoms with Crippen LogP contribution in [0, 0.1) is 22.7 Å². The number of amides is 1. The topological polar surface area (TPSA) is 54.5 Å². The van der Waals surface area contributed by atoms with Gasteiger partial charge in [-0.3, -0.25) is 4.79 Å². The fourth-order valence-corrected chi connectivity index (χ4v) is 8.48. The molecule has 2 aliphatic carbocycles. The molecule has 1 aromatic carbocycles. The second-order valence-corrected chi connectivity index (χ2v) is 10.7. The summed E-state index contributed by atoms with van der Waals surface area (Å²) in [5.41, 5.74) is 0.837. The molecule has 1 spiro atoms. The maximum Gasteiger partial charge on any atom is 0.239 e. The van der Waals surface area contributed by atoms with Crippen LogP contribution in [0.1, 0.15) is 45.6 Å². The first-order valence-corrected chi connectivity index (χ1v) is 10.9. The quantitative estimate of drug-likeness (QED) is 0.830. The Bertz CT molecular complexity index is 801. The normalized spacial score (nSPS) is 35.6. The molecule has 136 valence electrons. The summed E-state index contributed by atoms with van der Waals surface area (Å²) in [6.07, 6.45) is 3.46. The van der Waals surface area contributed by atoms with E-state index in [9.17, 15) is 13.2 Å². The van der Waals surface area contributed by atoms with Crippen molar-refractivity contribution in [2.75, 3.05) is 5.75 Å². The van der Waals surface area contributed by atoms with Gasteiger partial charge in [0.05, 0.1) is 11.8 Å². The van der Waals surface area contributed by atoms with E-state index < -0.39 is 10.0 Å². The van der Waals surface area contributed by atoms with Crippen molar-refractivity contribution in [2.45, 2.75) is 52.5 Å². The summed E-state index contributed by atoms with van der Waals surface area (Å²) in [7, 11) is -3.51. The zero-order valence-electron chi connectivity index (χ0n) is 15.2. The summed E-state index contributed by atoms with van der Waals surface area (Å²) in [5.74, 6) is 0.147. The van der Waals surface area contributed by atoms with Crippen LogP contribution in [0.3, 0.4) is 0 Å². The van der Waals surface area contributed by atoms with E-state index in [1.54, 1.807) is 0 Å². The Morgan fingerprint density at radius 1 is 1.28 bits per heavy atom. The molecule has 1 aliphatic heterocycles. The molecule has 0 aromatic heterocycles. The molecule has 5 heteroatoms. The van der Waals surface area contributed by atoms with Gasteiger partial charge in [-0.1, -0.05) is 51.1 Å². The van der Waals surface area contributed by atoms with Gasteiger partial charge in [0, 0.05) is 11.3 Å². The van der Waals surface area contributed by atoms with Gasteiger partial charge in [0.15, 0.2) is 0 Å². The lowest BCUT2D eigenvalue weighted by molar-refractivity contribution is -0.132. The van der Waals surface area contributed by atoms with E-state index in [0.717, 1.165) is 24.8 Å². The van der Waals surface area contributed by atoms with Crippen LogP contribution in [0.15, 0.2) is 30.3 Å². The Kier molecular flexibility index (Phi) is 3.63. The number of sulfonamides is 1. The van der Waals surface area contributed by atoms with E-state index in [0.29, 0.717) is 12.3 Å². The zero-order valence-corrected chi connectivity index (χ0v) is 16.1. The summed E-state index contributed by atoms with van der Waals surface area (Å²) in [5, 5.41) is 0. The summed E-state index contributed by atoms with van der Waals surface area (Å²) in [4.78, 5) is 13.1. The molecule has 3 aliphatic rings. The molecule has 4 nitrogen and oxygen atoms in total. The predicted octanol–water partition coefficient (Wildman–Crippen LogP) is 3.23. The van der Waals surface area contributed by atoms with Crippen molar-refractivity contribution < 1.29 is 13.2 Å². The third-order valence-electron chi connectivity index (χ3n) is 7.43. The van der Waals surface area contributed by atoms with E-state index in [-0.39, 0.29) is 34.4 Å². The number of benzene rings is 1. The highest BCUT2D eigenvalue weighted by molar-refractivity contribution is 7.90. The first kappa shape index (κ1) is 17.1. The molecule has 4 atom stereocenters. The van der Waals surface area contributed by atoms with Crippen LogP contribution >= 0.6 is 0 Å². The monoisotopic (exact) mass is 361 g/mol. The van der Waals surface area contributed by atoms with E-state index in [1.807, 2.05) is 37.3 Å². The van der Waals surface area contributed by atoms with E-state index in [4.69, 9.17) is 0 Å². The highest BCUT2D eigenvalue weighted by atomic mass is 32.2. The molecular formula is C20H27NO3S. The summed E-state index contributed by atoms with van der Waals surface area (Å²) < 4.78 is 27.2. The predicted molar refractivity (Wildman–Crippen MR) is 97.3 cm³/mol. The fourth-order valence-electron chi connectivity index (χ4n) is 5.85. The molecular weight excluding hydrogens is 334 g/mol. The minimum atomic E-state index is -3.51. The smallest absolute Gasteiger partial charge is 0.239 e. The lowest BCUT2D eigenvalue weighted by Gasteiger charge is -2.37. The van der Waals surface area contributed by atoms with Crippen molar-refractivity contribution in [3.8, 4) is 0 Å². The summed E-state index contributed by atoms with van der Waals surface area (Å²) in [6, 6.07) is 9.70. The van der Waals surface area contributed by atoms with Gasteiger partial charge < -0.3 is 0 Å². The van der Waals surface area contributed by atoms with Gasteiger partial charge in [-0.2, -0.15) is 0 Å². The van der Waals surface area contributed by atoms with Crippen molar-refractivity contribution in [2.24, 2.45) is 22.7 Å². The Labute approximate surface area is 150 Å². The molecule has 3 unspecified atom stereocenters. The molecule has 0 radical (unpaired) electrons. The van der Waals surface area contributed by atoms with Gasteiger partial charge in [-0.15, -0.1) is 0 Å². The second-order valence-electron chi connectivity index (χ2n) is 8.85. The number of nitrogens with zero attached hydrogens (tertiary/aromatic N) is 1. The van der Waals surface area contributed by atoms with Crippen molar-refractivity contribution in [1.29, 1.82) is 0 Å². The average Bonchev–Trinajstić information content (AvgIpc) is 3.02. The van der Waals surface area contributed by atoms with Crippen molar-refractivity contribution in [3.05, 3.63) is 35.9 Å². The van der Waals surface area contributed by atoms with Crippen LogP contribution < -0.4 is 0 Å². The average molecular weight is 362 g/mol. The maximum absolute atomic E-state index is 13.1. The molecule has 2 saturated carbocycles. The SMILES string of the molecule is C[C@@H](Cc1ccccc1)C(=O)N1C2CC3CCC2(CS1(=O)=O)C3(C)C. The number of fused-ring (bicyclic) bond motifs is 1. The van der Waals surface area contributed by atoms with Crippen LogP contribution in [-0.2, 0) is 21.2 Å². The van der Waals surface area contributed by atoms with Gasteiger partial charge in [0.2, 0.25) is 15.9 Å². The third kappa shape index (κ3) is 2.24. The van der Waals surface area contributed by atoms with E-state index in [2.05, 4.69) is 13.8 Å². The van der Waals surface area contributed by atoms with Crippen LogP contribution in [0.2, 0.25) is 0 Å². The van der Waals surface area contributed by atoms with E-state index in [1.165, 1.54) is 4.31 Å². The minimum Gasteiger partial charge on any atom is -0.273 e. The van der Waals surface area contributed by atoms with Crippen molar-refractivity contribution >= 4 is 15.9 Å². The number of hydrogen-bond donors (Lipinski definition) is 0. The summed E-state index contributed by atoms with van der Waals surface area (Å²) in [6.45, 7) is 6.28. The van der Waals surface area contributed by atoms with Gasteiger partial charge in [-0.05, 0) is 42.6 Å². The minimum absolute atomic E-state index is 0.00242. The molecule has 1 aromatic rings. The molecule has 1 heterocycles.